The number of anilines is 1. The van der Waals surface area contributed by atoms with Gasteiger partial charge in [0.15, 0.2) is 17.5 Å². The predicted octanol–water partition coefficient (Wildman–Crippen LogP) is 6.31. The smallest absolute Gasteiger partial charge is 0.255 e. The lowest BCUT2D eigenvalue weighted by atomic mass is 10.1. The van der Waals surface area contributed by atoms with E-state index in [1.807, 2.05) is 0 Å². The van der Waals surface area contributed by atoms with Gasteiger partial charge < -0.3 is 10.4 Å². The zero-order chi connectivity index (χ0) is 22.4. The highest BCUT2D eigenvalue weighted by Crippen LogP contribution is 2.39. The number of aliphatic hydroxyl groups excluding tert-OH is 1. The Labute approximate surface area is 183 Å². The molecule has 2 aromatic carbocycles. The van der Waals surface area contributed by atoms with Crippen molar-refractivity contribution in [2.24, 2.45) is 11.8 Å². The summed E-state index contributed by atoms with van der Waals surface area (Å²) >= 11 is 7.81. The highest BCUT2D eigenvalue weighted by Gasteiger charge is 2.25. The van der Waals surface area contributed by atoms with Gasteiger partial charge in [-0.3, -0.25) is 4.79 Å². The number of carbonyl (C=O) groups excluding carboxylic acids is 1. The normalized spacial score (nSPS) is 18.0. The van der Waals surface area contributed by atoms with Crippen molar-refractivity contribution in [2.45, 2.75) is 24.7 Å². The molecule has 2 aromatic rings. The molecular formula is C22H23ClF3NO2S. The molecule has 3 nitrogen and oxygen atoms in total. The van der Waals surface area contributed by atoms with Crippen molar-refractivity contribution in [1.29, 1.82) is 0 Å². The third-order valence-electron chi connectivity index (χ3n) is 4.75. The molecular weight excluding hydrogens is 435 g/mol. The maximum Gasteiger partial charge on any atom is 0.255 e. The van der Waals surface area contributed by atoms with Gasteiger partial charge in [-0.25, -0.2) is 13.2 Å². The second-order valence-electron chi connectivity index (χ2n) is 7.06. The number of aliphatic hydroxyl groups is 1. The van der Waals surface area contributed by atoms with Crippen LogP contribution in [-0.2, 0) is 0 Å². The zero-order valence-electron chi connectivity index (χ0n) is 16.6. The number of nitrogens with one attached hydrogen (secondary N) is 1. The van der Waals surface area contributed by atoms with E-state index in [2.05, 4.69) is 18.8 Å². The Bertz CT molecular complexity index is 916. The number of hydrogen-bond acceptors (Lipinski definition) is 3. The SMILES string of the molecule is C=C1CC(C)CC1CSc1cc(C(=O)Nc2cc(F)c(F)c(F)c2)ccc1Cl.CO. The summed E-state index contributed by atoms with van der Waals surface area (Å²) in [5, 5.41) is 9.90. The molecule has 0 aliphatic heterocycles. The van der Waals surface area contributed by atoms with Crippen molar-refractivity contribution >= 4 is 35.0 Å². The molecule has 1 aliphatic rings. The average molecular weight is 458 g/mol. The van der Waals surface area contributed by atoms with Crippen LogP contribution in [0.4, 0.5) is 18.9 Å². The summed E-state index contributed by atoms with van der Waals surface area (Å²) in [6, 6.07) is 6.23. The molecule has 3 rings (SSSR count). The van der Waals surface area contributed by atoms with Gasteiger partial charge in [0, 0.05) is 41.1 Å². The highest BCUT2D eigenvalue weighted by atomic mass is 35.5. The van der Waals surface area contributed by atoms with Crippen LogP contribution in [-0.4, -0.2) is 23.9 Å². The average Bonchev–Trinajstić information content (AvgIpc) is 3.04. The van der Waals surface area contributed by atoms with Gasteiger partial charge in [0.25, 0.3) is 5.91 Å². The zero-order valence-corrected chi connectivity index (χ0v) is 18.2. The van der Waals surface area contributed by atoms with Gasteiger partial charge in [0.05, 0.1) is 5.02 Å². The number of allylic oxidation sites excluding steroid dienone is 1. The van der Waals surface area contributed by atoms with Crippen LogP contribution in [0.3, 0.4) is 0 Å². The first-order valence-electron chi connectivity index (χ1n) is 9.25. The number of carbonyl (C=O) groups is 1. The molecule has 1 amide bonds. The first kappa shape index (κ1) is 24.3. The Kier molecular flexibility index (Phi) is 8.82. The van der Waals surface area contributed by atoms with Crippen LogP contribution < -0.4 is 5.32 Å². The summed E-state index contributed by atoms with van der Waals surface area (Å²) in [4.78, 5) is 13.2. The van der Waals surface area contributed by atoms with Gasteiger partial charge in [-0.15, -0.1) is 11.8 Å². The van der Waals surface area contributed by atoms with Gasteiger partial charge in [-0.05, 0) is 42.9 Å². The van der Waals surface area contributed by atoms with Crippen molar-refractivity contribution in [3.63, 3.8) is 0 Å². The minimum atomic E-state index is -1.58. The quantitative estimate of drug-likeness (QED) is 0.314. The molecule has 0 saturated heterocycles. The largest absolute Gasteiger partial charge is 0.400 e. The maximum absolute atomic E-state index is 13.3. The van der Waals surface area contributed by atoms with Crippen LogP contribution in [0.2, 0.25) is 5.02 Å². The molecule has 2 N–H and O–H groups in total. The molecule has 162 valence electrons. The van der Waals surface area contributed by atoms with Gasteiger partial charge in [0.2, 0.25) is 0 Å². The number of amides is 1. The Morgan fingerprint density at radius 1 is 1.23 bits per heavy atom. The summed E-state index contributed by atoms with van der Waals surface area (Å²) in [5.41, 5.74) is 1.36. The molecule has 1 fully saturated rings. The van der Waals surface area contributed by atoms with E-state index in [0.29, 0.717) is 16.9 Å². The minimum absolute atomic E-state index is 0.165. The molecule has 0 radical (unpaired) electrons. The van der Waals surface area contributed by atoms with E-state index in [9.17, 15) is 18.0 Å². The number of benzene rings is 2. The third kappa shape index (κ3) is 6.03. The van der Waals surface area contributed by atoms with E-state index in [1.54, 1.807) is 23.9 Å². The lowest BCUT2D eigenvalue weighted by molar-refractivity contribution is 0.102. The van der Waals surface area contributed by atoms with Crippen LogP contribution >= 0.6 is 23.4 Å². The summed E-state index contributed by atoms with van der Waals surface area (Å²) < 4.78 is 39.7. The minimum Gasteiger partial charge on any atom is -0.400 e. The van der Waals surface area contributed by atoms with E-state index in [0.717, 1.165) is 42.7 Å². The molecule has 8 heteroatoms. The maximum atomic E-state index is 13.3. The second kappa shape index (κ2) is 10.9. The molecule has 0 heterocycles. The van der Waals surface area contributed by atoms with Crippen LogP contribution in [0, 0.1) is 29.3 Å². The van der Waals surface area contributed by atoms with Crippen molar-refractivity contribution in [3.8, 4) is 0 Å². The Morgan fingerprint density at radius 2 is 1.87 bits per heavy atom. The standard InChI is InChI=1S/C21H19ClF3NOS.CH4O/c1-11-5-12(2)14(6-11)10-28-19-7-13(3-4-16(19)22)21(27)26-15-8-17(23)20(25)18(24)9-15;1-2/h3-4,7-9,11,14H,2,5-6,10H2,1H3,(H,26,27);2H,1H3. The van der Waals surface area contributed by atoms with Crippen molar-refractivity contribution < 1.29 is 23.1 Å². The molecule has 0 aromatic heterocycles. The van der Waals surface area contributed by atoms with Crippen LogP contribution in [0.15, 0.2) is 47.4 Å². The lowest BCUT2D eigenvalue weighted by Gasteiger charge is -2.13. The first-order valence-corrected chi connectivity index (χ1v) is 10.6. The van der Waals surface area contributed by atoms with E-state index >= 15 is 0 Å². The molecule has 30 heavy (non-hydrogen) atoms. The number of hydrogen-bond donors (Lipinski definition) is 2. The number of thioether (sulfide) groups is 1. The van der Waals surface area contributed by atoms with E-state index < -0.39 is 23.4 Å². The summed E-state index contributed by atoms with van der Waals surface area (Å²) in [5.74, 6) is -3.01. The molecule has 0 bridgehead atoms. The van der Waals surface area contributed by atoms with E-state index in [1.165, 1.54) is 11.6 Å². The predicted molar refractivity (Wildman–Crippen MR) is 116 cm³/mol. The van der Waals surface area contributed by atoms with Crippen LogP contribution in [0.5, 0.6) is 0 Å². The Morgan fingerprint density at radius 3 is 2.43 bits per heavy atom. The molecule has 1 aliphatic carbocycles. The van der Waals surface area contributed by atoms with Gasteiger partial charge in [-0.1, -0.05) is 30.7 Å². The topological polar surface area (TPSA) is 49.3 Å². The van der Waals surface area contributed by atoms with Crippen LogP contribution in [0.1, 0.15) is 30.1 Å². The fourth-order valence-electron chi connectivity index (χ4n) is 3.31. The molecule has 1 saturated carbocycles. The fourth-order valence-corrected chi connectivity index (χ4v) is 4.76. The summed E-state index contributed by atoms with van der Waals surface area (Å²) in [6.07, 6.45) is 2.12. The third-order valence-corrected chi connectivity index (χ3v) is 6.41. The highest BCUT2D eigenvalue weighted by molar-refractivity contribution is 7.99. The molecule has 2 unspecified atom stereocenters. The first-order chi connectivity index (χ1) is 14.2. The fraction of sp³-hybridized carbons (Fsp3) is 0.318. The number of rotatable bonds is 5. The van der Waals surface area contributed by atoms with Gasteiger partial charge in [-0.2, -0.15) is 0 Å². The monoisotopic (exact) mass is 457 g/mol. The van der Waals surface area contributed by atoms with Gasteiger partial charge >= 0.3 is 0 Å². The molecule has 2 atom stereocenters. The number of halogens is 4. The van der Waals surface area contributed by atoms with Crippen LogP contribution in [0.25, 0.3) is 0 Å². The Hall–Kier alpha value is -1.96. The van der Waals surface area contributed by atoms with Crippen molar-refractivity contribution in [1.82, 2.24) is 0 Å². The lowest BCUT2D eigenvalue weighted by Crippen LogP contribution is -2.13. The van der Waals surface area contributed by atoms with Crippen molar-refractivity contribution in [2.75, 3.05) is 18.2 Å². The Balaban J connectivity index is 0.00000155. The van der Waals surface area contributed by atoms with Gasteiger partial charge in [0.1, 0.15) is 0 Å². The molecule has 0 spiro atoms. The van der Waals surface area contributed by atoms with E-state index in [-0.39, 0.29) is 11.3 Å². The summed E-state index contributed by atoms with van der Waals surface area (Å²) in [7, 11) is 1.00. The second-order valence-corrected chi connectivity index (χ2v) is 8.53. The van der Waals surface area contributed by atoms with Crippen molar-refractivity contribution in [3.05, 3.63) is 70.5 Å². The van der Waals surface area contributed by atoms with E-state index in [4.69, 9.17) is 16.7 Å². The summed E-state index contributed by atoms with van der Waals surface area (Å²) in [6.45, 7) is 6.34.